The monoisotopic (exact) mass is 360 g/mol. The van der Waals surface area contributed by atoms with Gasteiger partial charge in [0.2, 0.25) is 0 Å². The standard InChI is InChI=1S/C18H25N4PS/c1-18(2)14-9-5-6-10-15(14)20(3)17(18)16-13-19-21(4)23(16,24)22-11-7-8-12-22/h5-6,9-10,13H,7-8,11-12H2,1-4H3/b17-16+/t23-/m1/s1. The van der Waals surface area contributed by atoms with Gasteiger partial charge in [-0.3, -0.25) is 9.45 Å². The van der Waals surface area contributed by atoms with Crippen LogP contribution in [0.5, 0.6) is 0 Å². The third kappa shape index (κ3) is 2.01. The SMILES string of the molecule is CN1/C(=C2\C=NN(C)[P@@]2(=S)N2CCCC2)C(C)(C)c2ccccc21. The highest BCUT2D eigenvalue weighted by atomic mass is 32.4. The fraction of sp³-hybridized carbons (Fsp3) is 0.500. The molecule has 4 nitrogen and oxygen atoms in total. The van der Waals surface area contributed by atoms with Crippen molar-refractivity contribution in [3.05, 3.63) is 40.8 Å². The van der Waals surface area contributed by atoms with Crippen molar-refractivity contribution < 1.29 is 0 Å². The maximum absolute atomic E-state index is 6.33. The minimum absolute atomic E-state index is 0.0539. The van der Waals surface area contributed by atoms with Crippen LogP contribution in [0.15, 0.2) is 40.4 Å². The van der Waals surface area contributed by atoms with Gasteiger partial charge in [0, 0.05) is 44.0 Å². The second-order valence-electron chi connectivity index (χ2n) is 7.37. The lowest BCUT2D eigenvalue weighted by molar-refractivity contribution is 0.496. The van der Waals surface area contributed by atoms with Crippen LogP contribution in [0, 0.1) is 0 Å². The highest BCUT2D eigenvalue weighted by Gasteiger charge is 2.47. The Morgan fingerprint density at radius 3 is 2.46 bits per heavy atom. The van der Waals surface area contributed by atoms with E-state index in [4.69, 9.17) is 11.8 Å². The van der Waals surface area contributed by atoms with Gasteiger partial charge in [0.25, 0.3) is 0 Å². The van der Waals surface area contributed by atoms with E-state index in [9.17, 15) is 0 Å². The molecule has 4 rings (SSSR count). The summed E-state index contributed by atoms with van der Waals surface area (Å²) in [5.74, 6) is 0. The summed E-state index contributed by atoms with van der Waals surface area (Å²) in [6.07, 6.45) is 2.53. The van der Waals surface area contributed by atoms with Gasteiger partial charge in [0.05, 0.1) is 11.5 Å². The van der Waals surface area contributed by atoms with Gasteiger partial charge in [-0.2, -0.15) is 5.10 Å². The number of anilines is 1. The molecule has 0 unspecified atom stereocenters. The zero-order chi connectivity index (χ0) is 17.1. The molecule has 1 atom stereocenters. The van der Waals surface area contributed by atoms with E-state index in [1.165, 1.54) is 35.1 Å². The van der Waals surface area contributed by atoms with Crippen LogP contribution in [0.4, 0.5) is 5.69 Å². The van der Waals surface area contributed by atoms with Crippen molar-refractivity contribution >= 4 is 30.0 Å². The van der Waals surface area contributed by atoms with E-state index < -0.39 is 6.34 Å². The molecular formula is C18H25N4PS. The molecule has 0 aromatic heterocycles. The summed E-state index contributed by atoms with van der Waals surface area (Å²) >= 11 is 6.33. The Hall–Kier alpha value is -1.16. The van der Waals surface area contributed by atoms with Gasteiger partial charge in [-0.05, 0) is 24.5 Å². The van der Waals surface area contributed by atoms with Gasteiger partial charge in [-0.25, -0.2) is 0 Å². The Morgan fingerprint density at radius 1 is 1.12 bits per heavy atom. The van der Waals surface area contributed by atoms with Crippen LogP contribution in [0.25, 0.3) is 0 Å². The van der Waals surface area contributed by atoms with E-state index in [1.807, 2.05) is 6.21 Å². The molecule has 128 valence electrons. The van der Waals surface area contributed by atoms with Gasteiger partial charge in [-0.15, -0.1) is 0 Å². The zero-order valence-corrected chi connectivity index (χ0v) is 16.6. The molecule has 3 aliphatic rings. The van der Waals surface area contributed by atoms with Gasteiger partial charge >= 0.3 is 0 Å². The van der Waals surface area contributed by atoms with E-state index in [2.05, 4.69) is 71.7 Å². The van der Waals surface area contributed by atoms with Crippen molar-refractivity contribution in [2.24, 2.45) is 5.10 Å². The molecule has 0 radical (unpaired) electrons. The first-order valence-corrected chi connectivity index (χ1v) is 11.3. The van der Waals surface area contributed by atoms with E-state index in [0.717, 1.165) is 13.1 Å². The Morgan fingerprint density at radius 2 is 1.79 bits per heavy atom. The first kappa shape index (κ1) is 16.3. The zero-order valence-electron chi connectivity index (χ0n) is 14.9. The van der Waals surface area contributed by atoms with Crippen LogP contribution in [0.2, 0.25) is 0 Å². The van der Waals surface area contributed by atoms with Gasteiger partial charge < -0.3 is 4.90 Å². The first-order valence-electron chi connectivity index (χ1n) is 8.60. The third-order valence-corrected chi connectivity index (χ3v) is 10.6. The van der Waals surface area contributed by atoms with Crippen molar-refractivity contribution in [2.75, 3.05) is 32.1 Å². The van der Waals surface area contributed by atoms with Crippen LogP contribution in [0.1, 0.15) is 32.3 Å². The van der Waals surface area contributed by atoms with Gasteiger partial charge in [0.15, 0.2) is 0 Å². The Labute approximate surface area is 149 Å². The van der Waals surface area contributed by atoms with Crippen molar-refractivity contribution in [1.82, 2.24) is 9.45 Å². The number of allylic oxidation sites excluding steroid dienone is 2. The Kier molecular flexibility index (Phi) is 3.68. The molecule has 1 saturated heterocycles. The molecule has 6 heteroatoms. The Bertz CT molecular complexity index is 792. The predicted molar refractivity (Wildman–Crippen MR) is 106 cm³/mol. The molecule has 0 spiro atoms. The summed E-state index contributed by atoms with van der Waals surface area (Å²) in [5.41, 5.74) is 3.94. The summed E-state index contributed by atoms with van der Waals surface area (Å²) in [7, 11) is 4.23. The van der Waals surface area contributed by atoms with Gasteiger partial charge in [-0.1, -0.05) is 43.9 Å². The topological polar surface area (TPSA) is 22.1 Å². The van der Waals surface area contributed by atoms with Crippen LogP contribution >= 0.6 is 6.34 Å². The van der Waals surface area contributed by atoms with E-state index in [0.29, 0.717) is 0 Å². The minimum atomic E-state index is -2.00. The molecule has 3 heterocycles. The molecular weight excluding hydrogens is 335 g/mol. The number of nitrogens with zero attached hydrogens (tertiary/aromatic N) is 4. The number of likely N-dealkylation sites (N-methyl/N-ethyl adjacent to an activating group) is 1. The molecule has 0 aliphatic carbocycles. The van der Waals surface area contributed by atoms with E-state index in [-0.39, 0.29) is 5.41 Å². The maximum atomic E-state index is 6.33. The lowest BCUT2D eigenvalue weighted by atomic mass is 9.84. The number of hydrogen-bond acceptors (Lipinski definition) is 3. The normalized spacial score (nSPS) is 32.0. The molecule has 0 N–H and O–H groups in total. The maximum Gasteiger partial charge on any atom is 0.148 e. The lowest BCUT2D eigenvalue weighted by Crippen LogP contribution is -2.29. The summed E-state index contributed by atoms with van der Waals surface area (Å²) in [4.78, 5) is 2.34. The highest BCUT2D eigenvalue weighted by molar-refractivity contribution is 8.14. The number of para-hydroxylation sites is 1. The van der Waals surface area contributed by atoms with Crippen molar-refractivity contribution in [3.63, 3.8) is 0 Å². The minimum Gasteiger partial charge on any atom is -0.346 e. The molecule has 3 aliphatic heterocycles. The summed E-state index contributed by atoms with van der Waals surface area (Å²) in [5, 5.41) is 5.92. The average Bonchev–Trinajstić information content (AvgIpc) is 3.23. The van der Waals surface area contributed by atoms with Crippen molar-refractivity contribution in [3.8, 4) is 0 Å². The number of hydrazone groups is 1. The fourth-order valence-corrected chi connectivity index (χ4v) is 8.32. The van der Waals surface area contributed by atoms with E-state index >= 15 is 0 Å². The predicted octanol–water partition coefficient (Wildman–Crippen LogP) is 3.96. The molecule has 0 amide bonds. The van der Waals surface area contributed by atoms with Crippen LogP contribution in [-0.4, -0.2) is 42.8 Å². The molecule has 0 saturated carbocycles. The summed E-state index contributed by atoms with van der Waals surface area (Å²) in [6, 6.07) is 8.70. The number of hydrogen-bond donors (Lipinski definition) is 0. The van der Waals surface area contributed by atoms with Crippen LogP contribution in [0.3, 0.4) is 0 Å². The quantitative estimate of drug-likeness (QED) is 0.707. The van der Waals surface area contributed by atoms with Gasteiger partial charge in [0.1, 0.15) is 6.34 Å². The lowest BCUT2D eigenvalue weighted by Gasteiger charge is -2.37. The number of benzene rings is 1. The third-order valence-electron chi connectivity index (χ3n) is 5.63. The van der Waals surface area contributed by atoms with Crippen LogP contribution in [-0.2, 0) is 17.2 Å². The second kappa shape index (κ2) is 5.42. The average molecular weight is 360 g/mol. The molecule has 24 heavy (non-hydrogen) atoms. The fourth-order valence-electron chi connectivity index (χ4n) is 4.40. The smallest absolute Gasteiger partial charge is 0.148 e. The molecule has 0 bridgehead atoms. The second-order valence-corrected chi connectivity index (χ2v) is 11.6. The van der Waals surface area contributed by atoms with E-state index in [1.54, 1.807) is 0 Å². The van der Waals surface area contributed by atoms with Crippen molar-refractivity contribution in [1.29, 1.82) is 0 Å². The molecule has 1 aromatic rings. The summed E-state index contributed by atoms with van der Waals surface area (Å²) < 4.78 is 4.59. The number of fused-ring (bicyclic) bond motifs is 1. The largest absolute Gasteiger partial charge is 0.346 e. The first-order chi connectivity index (χ1) is 11.4. The summed E-state index contributed by atoms with van der Waals surface area (Å²) in [6.45, 7) is 6.82. The van der Waals surface area contributed by atoms with Crippen LogP contribution < -0.4 is 4.90 Å². The highest BCUT2D eigenvalue weighted by Crippen LogP contribution is 2.66. The number of rotatable bonds is 1. The Balaban J connectivity index is 1.93. The van der Waals surface area contributed by atoms with Crippen molar-refractivity contribution in [2.45, 2.75) is 32.1 Å². The molecule has 1 aromatic carbocycles. The molecule has 1 fully saturated rings.